The molecular formula is C20H22ClN3O2. The highest BCUT2D eigenvalue weighted by atomic mass is 35.5. The Bertz CT molecular complexity index is 786. The summed E-state index contributed by atoms with van der Waals surface area (Å²) in [5.74, 6) is -0.508. The van der Waals surface area contributed by atoms with E-state index in [0.717, 1.165) is 13.1 Å². The van der Waals surface area contributed by atoms with E-state index in [2.05, 4.69) is 10.2 Å². The van der Waals surface area contributed by atoms with Crippen LogP contribution >= 0.6 is 11.6 Å². The molecule has 0 aliphatic carbocycles. The fourth-order valence-corrected chi connectivity index (χ4v) is 3.35. The molecule has 1 aliphatic rings. The van der Waals surface area contributed by atoms with Crippen molar-refractivity contribution in [1.29, 1.82) is 0 Å². The van der Waals surface area contributed by atoms with Crippen LogP contribution in [-0.4, -0.2) is 31.4 Å². The highest BCUT2D eigenvalue weighted by Gasteiger charge is 2.18. The standard InChI is InChI=1S/C20H22ClN3O2/c1-15(25)24(19-7-3-2-6-18(19)21)14-20(26)22-16-8-10-17(11-9-16)23-12-4-5-13-23/h2-3,6-11H,4-5,12-14H2,1H3,(H,22,26). The molecule has 0 spiro atoms. The van der Waals surface area contributed by atoms with E-state index in [0.29, 0.717) is 16.4 Å². The number of halogens is 1. The van der Waals surface area contributed by atoms with Crippen LogP contribution in [0.3, 0.4) is 0 Å². The van der Waals surface area contributed by atoms with Crippen LogP contribution in [0.15, 0.2) is 48.5 Å². The fraction of sp³-hybridized carbons (Fsp3) is 0.300. The first-order valence-corrected chi connectivity index (χ1v) is 9.10. The molecule has 1 heterocycles. The van der Waals surface area contributed by atoms with Gasteiger partial charge in [0.1, 0.15) is 6.54 Å². The number of rotatable bonds is 5. The van der Waals surface area contributed by atoms with Crippen LogP contribution in [0, 0.1) is 0 Å². The molecule has 1 saturated heterocycles. The first kappa shape index (κ1) is 18.3. The summed E-state index contributed by atoms with van der Waals surface area (Å²) in [6.07, 6.45) is 2.45. The summed E-state index contributed by atoms with van der Waals surface area (Å²) in [6.45, 7) is 3.49. The lowest BCUT2D eigenvalue weighted by Crippen LogP contribution is -2.36. The molecule has 0 saturated carbocycles. The van der Waals surface area contributed by atoms with Gasteiger partial charge >= 0.3 is 0 Å². The van der Waals surface area contributed by atoms with Gasteiger partial charge in [0.2, 0.25) is 11.8 Å². The number of carbonyl (C=O) groups is 2. The molecule has 5 nitrogen and oxygen atoms in total. The quantitative estimate of drug-likeness (QED) is 0.866. The number of anilines is 3. The van der Waals surface area contributed by atoms with E-state index in [-0.39, 0.29) is 18.4 Å². The molecule has 26 heavy (non-hydrogen) atoms. The minimum atomic E-state index is -0.269. The molecule has 0 radical (unpaired) electrons. The van der Waals surface area contributed by atoms with Crippen LogP contribution in [0.5, 0.6) is 0 Å². The number of para-hydroxylation sites is 1. The van der Waals surface area contributed by atoms with Crippen LogP contribution in [0.2, 0.25) is 5.02 Å². The molecule has 0 aromatic heterocycles. The van der Waals surface area contributed by atoms with E-state index >= 15 is 0 Å². The van der Waals surface area contributed by atoms with E-state index in [1.54, 1.807) is 24.3 Å². The summed E-state index contributed by atoms with van der Waals surface area (Å²) in [7, 11) is 0. The predicted molar refractivity (Wildman–Crippen MR) is 106 cm³/mol. The molecule has 0 bridgehead atoms. The maximum Gasteiger partial charge on any atom is 0.244 e. The molecule has 1 aliphatic heterocycles. The predicted octanol–water partition coefficient (Wildman–Crippen LogP) is 3.93. The summed E-state index contributed by atoms with van der Waals surface area (Å²) >= 11 is 6.16. The van der Waals surface area contributed by atoms with E-state index in [1.807, 2.05) is 24.3 Å². The Kier molecular flexibility index (Phi) is 5.78. The third-order valence-electron chi connectivity index (χ3n) is 4.45. The Hall–Kier alpha value is -2.53. The van der Waals surface area contributed by atoms with Crippen molar-refractivity contribution in [3.8, 4) is 0 Å². The highest BCUT2D eigenvalue weighted by Crippen LogP contribution is 2.26. The van der Waals surface area contributed by atoms with Gasteiger partial charge in [-0.15, -0.1) is 0 Å². The van der Waals surface area contributed by atoms with E-state index in [1.165, 1.54) is 30.4 Å². The molecule has 6 heteroatoms. The second-order valence-corrected chi connectivity index (χ2v) is 6.75. The van der Waals surface area contributed by atoms with Crippen molar-refractivity contribution >= 4 is 40.5 Å². The maximum absolute atomic E-state index is 12.4. The monoisotopic (exact) mass is 371 g/mol. The zero-order valence-corrected chi connectivity index (χ0v) is 15.5. The number of amides is 2. The Morgan fingerprint density at radius 1 is 1.08 bits per heavy atom. The lowest BCUT2D eigenvalue weighted by atomic mass is 10.2. The van der Waals surface area contributed by atoms with Gasteiger partial charge < -0.3 is 15.1 Å². The largest absolute Gasteiger partial charge is 0.372 e. The highest BCUT2D eigenvalue weighted by molar-refractivity contribution is 6.33. The van der Waals surface area contributed by atoms with Gasteiger partial charge in [-0.2, -0.15) is 0 Å². The lowest BCUT2D eigenvalue weighted by molar-refractivity contribution is -0.120. The Balaban J connectivity index is 1.65. The average Bonchev–Trinajstić information content (AvgIpc) is 3.15. The third-order valence-corrected chi connectivity index (χ3v) is 4.77. The average molecular weight is 372 g/mol. The number of hydrogen-bond donors (Lipinski definition) is 1. The number of nitrogens with zero attached hydrogens (tertiary/aromatic N) is 2. The molecule has 2 amide bonds. The van der Waals surface area contributed by atoms with Gasteiger partial charge in [0.05, 0.1) is 10.7 Å². The summed E-state index contributed by atoms with van der Waals surface area (Å²) in [4.78, 5) is 28.1. The van der Waals surface area contributed by atoms with Gasteiger partial charge in [0.15, 0.2) is 0 Å². The van der Waals surface area contributed by atoms with E-state index in [9.17, 15) is 9.59 Å². The van der Waals surface area contributed by atoms with Crippen LogP contribution in [-0.2, 0) is 9.59 Å². The number of hydrogen-bond acceptors (Lipinski definition) is 3. The van der Waals surface area contributed by atoms with Crippen molar-refractivity contribution in [3.05, 3.63) is 53.6 Å². The normalized spacial score (nSPS) is 13.5. The third kappa shape index (κ3) is 4.35. The van der Waals surface area contributed by atoms with Gasteiger partial charge in [-0.3, -0.25) is 9.59 Å². The number of carbonyl (C=O) groups excluding carboxylic acids is 2. The molecule has 1 fully saturated rings. The van der Waals surface area contributed by atoms with Crippen molar-refractivity contribution in [2.24, 2.45) is 0 Å². The second kappa shape index (κ2) is 8.23. The minimum absolute atomic E-state index is 0.0903. The van der Waals surface area contributed by atoms with Crippen molar-refractivity contribution in [1.82, 2.24) is 0 Å². The van der Waals surface area contributed by atoms with Gasteiger partial charge in [-0.1, -0.05) is 23.7 Å². The van der Waals surface area contributed by atoms with Crippen LogP contribution in [0.1, 0.15) is 19.8 Å². The van der Waals surface area contributed by atoms with Gasteiger partial charge in [-0.25, -0.2) is 0 Å². The Morgan fingerprint density at radius 3 is 2.35 bits per heavy atom. The van der Waals surface area contributed by atoms with E-state index in [4.69, 9.17) is 11.6 Å². The first-order chi connectivity index (χ1) is 12.5. The number of nitrogens with one attached hydrogen (secondary N) is 1. The SMILES string of the molecule is CC(=O)N(CC(=O)Nc1ccc(N2CCCC2)cc1)c1ccccc1Cl. The van der Waals surface area contributed by atoms with Crippen molar-refractivity contribution < 1.29 is 9.59 Å². The van der Waals surface area contributed by atoms with E-state index < -0.39 is 0 Å². The second-order valence-electron chi connectivity index (χ2n) is 6.35. The molecule has 0 unspecified atom stereocenters. The first-order valence-electron chi connectivity index (χ1n) is 8.72. The van der Waals surface area contributed by atoms with Gasteiger partial charge in [-0.05, 0) is 49.2 Å². The Labute approximate surface area is 158 Å². The van der Waals surface area contributed by atoms with Crippen molar-refractivity contribution in [2.75, 3.05) is 34.8 Å². The summed E-state index contributed by atoms with van der Waals surface area (Å²) in [5, 5.41) is 3.28. The fourth-order valence-electron chi connectivity index (χ4n) is 3.11. The molecule has 136 valence electrons. The number of benzene rings is 2. The van der Waals surface area contributed by atoms with Crippen LogP contribution in [0.4, 0.5) is 17.1 Å². The smallest absolute Gasteiger partial charge is 0.244 e. The maximum atomic E-state index is 12.4. The molecule has 2 aromatic rings. The topological polar surface area (TPSA) is 52.7 Å². The summed E-state index contributed by atoms with van der Waals surface area (Å²) in [6, 6.07) is 14.8. The summed E-state index contributed by atoms with van der Waals surface area (Å²) in [5.41, 5.74) is 2.41. The van der Waals surface area contributed by atoms with Crippen LogP contribution in [0.25, 0.3) is 0 Å². The summed E-state index contributed by atoms with van der Waals surface area (Å²) < 4.78 is 0. The Morgan fingerprint density at radius 2 is 1.73 bits per heavy atom. The van der Waals surface area contributed by atoms with Gasteiger partial charge in [0.25, 0.3) is 0 Å². The zero-order chi connectivity index (χ0) is 18.5. The molecule has 1 N–H and O–H groups in total. The molecular weight excluding hydrogens is 350 g/mol. The molecule has 0 atom stereocenters. The van der Waals surface area contributed by atoms with Gasteiger partial charge in [0, 0.05) is 31.4 Å². The lowest BCUT2D eigenvalue weighted by Gasteiger charge is -2.22. The van der Waals surface area contributed by atoms with Crippen molar-refractivity contribution in [3.63, 3.8) is 0 Å². The van der Waals surface area contributed by atoms with Crippen LogP contribution < -0.4 is 15.1 Å². The molecule has 3 rings (SSSR count). The molecule has 2 aromatic carbocycles. The minimum Gasteiger partial charge on any atom is -0.372 e. The van der Waals surface area contributed by atoms with Crippen molar-refractivity contribution in [2.45, 2.75) is 19.8 Å². The zero-order valence-electron chi connectivity index (χ0n) is 14.7.